The molecular formula is C12H19N3O. The van der Waals surface area contributed by atoms with E-state index in [1.807, 2.05) is 39.0 Å². The number of hydrogen-bond acceptors (Lipinski definition) is 4. The molecule has 0 aliphatic carbocycles. The van der Waals surface area contributed by atoms with Crippen molar-refractivity contribution in [1.82, 2.24) is 0 Å². The lowest BCUT2D eigenvalue weighted by atomic mass is 10.2. The van der Waals surface area contributed by atoms with Gasteiger partial charge in [0.1, 0.15) is 6.29 Å². The van der Waals surface area contributed by atoms with E-state index < -0.39 is 0 Å². The molecule has 16 heavy (non-hydrogen) atoms. The Morgan fingerprint density at radius 2 is 2.00 bits per heavy atom. The molecule has 0 amide bonds. The first-order valence-electron chi connectivity index (χ1n) is 5.04. The minimum Gasteiger partial charge on any atom is -0.399 e. The van der Waals surface area contributed by atoms with Gasteiger partial charge in [-0.25, -0.2) is 0 Å². The number of nitrogens with zero attached hydrogens (tertiary/aromatic N) is 1. The summed E-state index contributed by atoms with van der Waals surface area (Å²) in [6, 6.07) is 5.70. The molecule has 88 valence electrons. The SMILES string of the molecule is CC(C)=NNc1ccc(N)cc1C.CC=O. The van der Waals surface area contributed by atoms with Crippen LogP contribution in [0.1, 0.15) is 26.3 Å². The smallest absolute Gasteiger partial charge is 0.116 e. The van der Waals surface area contributed by atoms with Gasteiger partial charge in [-0.15, -0.1) is 0 Å². The molecule has 0 radical (unpaired) electrons. The molecule has 1 aromatic carbocycles. The number of nitrogens with one attached hydrogen (secondary N) is 1. The van der Waals surface area contributed by atoms with E-state index in [1.54, 1.807) is 0 Å². The lowest BCUT2D eigenvalue weighted by Crippen LogP contribution is -1.96. The summed E-state index contributed by atoms with van der Waals surface area (Å²) >= 11 is 0. The average molecular weight is 221 g/mol. The Balaban J connectivity index is 0.000000673. The number of rotatable bonds is 2. The largest absolute Gasteiger partial charge is 0.399 e. The third-order valence-electron chi connectivity index (χ3n) is 1.65. The van der Waals surface area contributed by atoms with Crippen LogP contribution in [0.2, 0.25) is 0 Å². The average Bonchev–Trinajstić information content (AvgIpc) is 2.17. The second kappa shape index (κ2) is 7.45. The molecule has 1 rings (SSSR count). The van der Waals surface area contributed by atoms with Gasteiger partial charge >= 0.3 is 0 Å². The van der Waals surface area contributed by atoms with Gasteiger partial charge in [-0.3, -0.25) is 5.43 Å². The van der Waals surface area contributed by atoms with E-state index >= 15 is 0 Å². The molecule has 3 N–H and O–H groups in total. The van der Waals surface area contributed by atoms with Crippen LogP contribution in [0.3, 0.4) is 0 Å². The molecule has 0 aliphatic heterocycles. The third kappa shape index (κ3) is 5.80. The molecule has 4 heteroatoms. The lowest BCUT2D eigenvalue weighted by Gasteiger charge is -2.05. The van der Waals surface area contributed by atoms with Crippen LogP contribution in [0, 0.1) is 6.92 Å². The first kappa shape index (κ1) is 14.2. The van der Waals surface area contributed by atoms with Gasteiger partial charge in [-0.2, -0.15) is 5.10 Å². The predicted octanol–water partition coefficient (Wildman–Crippen LogP) is 2.59. The van der Waals surface area contributed by atoms with Gasteiger partial charge in [0.15, 0.2) is 0 Å². The first-order valence-corrected chi connectivity index (χ1v) is 5.04. The van der Waals surface area contributed by atoms with Crippen molar-refractivity contribution in [3.8, 4) is 0 Å². The quantitative estimate of drug-likeness (QED) is 0.349. The van der Waals surface area contributed by atoms with E-state index in [4.69, 9.17) is 10.5 Å². The zero-order chi connectivity index (χ0) is 12.6. The number of carbonyl (C=O) groups is 1. The molecule has 0 saturated heterocycles. The zero-order valence-corrected chi connectivity index (χ0v) is 10.2. The van der Waals surface area contributed by atoms with Crippen LogP contribution in [0.15, 0.2) is 23.3 Å². The molecule has 0 saturated carbocycles. The number of carbonyl (C=O) groups excluding carboxylic acids is 1. The fourth-order valence-corrected chi connectivity index (χ4v) is 0.984. The van der Waals surface area contributed by atoms with Crippen molar-refractivity contribution in [2.24, 2.45) is 5.10 Å². The Bertz CT molecular complexity index is 369. The maximum absolute atomic E-state index is 8.81. The van der Waals surface area contributed by atoms with E-state index in [0.29, 0.717) is 0 Å². The van der Waals surface area contributed by atoms with Gasteiger partial charge in [0.05, 0.1) is 5.69 Å². The third-order valence-corrected chi connectivity index (χ3v) is 1.65. The van der Waals surface area contributed by atoms with Crippen LogP contribution in [0.25, 0.3) is 0 Å². The number of hydrogen-bond donors (Lipinski definition) is 2. The maximum atomic E-state index is 8.81. The fourth-order valence-electron chi connectivity index (χ4n) is 0.984. The molecule has 0 fully saturated rings. The topological polar surface area (TPSA) is 67.5 Å². The summed E-state index contributed by atoms with van der Waals surface area (Å²) in [5.74, 6) is 0. The number of hydrazone groups is 1. The minimum atomic E-state index is 0.750. The monoisotopic (exact) mass is 221 g/mol. The van der Waals surface area contributed by atoms with Crippen LogP contribution in [0.4, 0.5) is 11.4 Å². The highest BCUT2D eigenvalue weighted by molar-refractivity contribution is 5.80. The standard InChI is InChI=1S/C10H15N3.C2H4O/c1-7(2)12-13-10-5-4-9(11)6-8(10)3;1-2-3/h4-6,13H,11H2,1-3H3;2H,1H3. The second-order valence-electron chi connectivity index (χ2n) is 3.48. The molecule has 0 unspecified atom stereocenters. The highest BCUT2D eigenvalue weighted by Crippen LogP contribution is 2.17. The summed E-state index contributed by atoms with van der Waals surface area (Å²) in [5.41, 5.74) is 12.5. The van der Waals surface area contributed by atoms with E-state index in [2.05, 4.69) is 10.5 Å². The highest BCUT2D eigenvalue weighted by Gasteiger charge is 1.95. The van der Waals surface area contributed by atoms with E-state index in [0.717, 1.165) is 28.9 Å². The van der Waals surface area contributed by atoms with E-state index in [9.17, 15) is 0 Å². The fraction of sp³-hybridized carbons (Fsp3) is 0.333. The van der Waals surface area contributed by atoms with Crippen molar-refractivity contribution < 1.29 is 4.79 Å². The van der Waals surface area contributed by atoms with Crippen LogP contribution >= 0.6 is 0 Å². The van der Waals surface area contributed by atoms with Crippen molar-refractivity contribution in [2.75, 3.05) is 11.2 Å². The normalized spacial score (nSPS) is 8.50. The number of benzene rings is 1. The van der Waals surface area contributed by atoms with Crippen LogP contribution in [-0.4, -0.2) is 12.0 Å². The van der Waals surface area contributed by atoms with Gasteiger partial charge < -0.3 is 10.5 Å². The minimum absolute atomic E-state index is 0.750. The summed E-state index contributed by atoms with van der Waals surface area (Å²) in [6.45, 7) is 7.33. The number of anilines is 2. The zero-order valence-electron chi connectivity index (χ0n) is 10.2. The van der Waals surface area contributed by atoms with Gasteiger partial charge in [-0.05, 0) is 51.5 Å². The van der Waals surface area contributed by atoms with Crippen molar-refractivity contribution >= 4 is 23.4 Å². The number of nitrogen functional groups attached to an aromatic ring is 1. The highest BCUT2D eigenvalue weighted by atomic mass is 16.1. The summed E-state index contributed by atoms with van der Waals surface area (Å²) in [4.78, 5) is 8.81. The van der Waals surface area contributed by atoms with Crippen LogP contribution in [0.5, 0.6) is 0 Å². The lowest BCUT2D eigenvalue weighted by molar-refractivity contribution is -0.106. The molecular weight excluding hydrogens is 202 g/mol. The Hall–Kier alpha value is -1.84. The van der Waals surface area contributed by atoms with Gasteiger partial charge in [0.25, 0.3) is 0 Å². The molecule has 0 heterocycles. The Morgan fingerprint density at radius 3 is 2.44 bits per heavy atom. The van der Waals surface area contributed by atoms with Gasteiger partial charge in [-0.1, -0.05) is 0 Å². The van der Waals surface area contributed by atoms with Crippen molar-refractivity contribution in [3.63, 3.8) is 0 Å². The van der Waals surface area contributed by atoms with Crippen LogP contribution < -0.4 is 11.2 Å². The molecule has 0 aliphatic rings. The molecule has 4 nitrogen and oxygen atoms in total. The molecule has 0 aromatic heterocycles. The van der Waals surface area contributed by atoms with E-state index in [-0.39, 0.29) is 0 Å². The second-order valence-corrected chi connectivity index (χ2v) is 3.48. The molecule has 0 spiro atoms. The summed E-state index contributed by atoms with van der Waals surface area (Å²) in [5, 5.41) is 4.11. The Labute approximate surface area is 96.5 Å². The summed E-state index contributed by atoms with van der Waals surface area (Å²) in [6.07, 6.45) is 0.750. The first-order chi connectivity index (χ1) is 7.51. The van der Waals surface area contributed by atoms with Gasteiger partial charge in [0, 0.05) is 11.4 Å². The van der Waals surface area contributed by atoms with E-state index in [1.165, 1.54) is 6.92 Å². The molecule has 0 bridgehead atoms. The predicted molar refractivity (Wildman–Crippen MR) is 69.7 cm³/mol. The Kier molecular flexibility index (Phi) is 6.59. The summed E-state index contributed by atoms with van der Waals surface area (Å²) in [7, 11) is 0. The Morgan fingerprint density at radius 1 is 1.44 bits per heavy atom. The maximum Gasteiger partial charge on any atom is 0.116 e. The number of nitrogens with two attached hydrogens (primary N) is 1. The number of aryl methyl sites for hydroxylation is 1. The van der Waals surface area contributed by atoms with Crippen molar-refractivity contribution in [3.05, 3.63) is 23.8 Å². The molecule has 1 aromatic rings. The number of aldehydes is 1. The van der Waals surface area contributed by atoms with Gasteiger partial charge in [0.2, 0.25) is 0 Å². The molecule has 0 atom stereocenters. The van der Waals surface area contributed by atoms with Crippen molar-refractivity contribution in [2.45, 2.75) is 27.7 Å². The van der Waals surface area contributed by atoms with Crippen molar-refractivity contribution in [1.29, 1.82) is 0 Å². The van der Waals surface area contributed by atoms with Crippen LogP contribution in [-0.2, 0) is 4.79 Å². The summed E-state index contributed by atoms with van der Waals surface area (Å²) < 4.78 is 0.